The van der Waals surface area contributed by atoms with Gasteiger partial charge in [-0.25, -0.2) is 0 Å². The molecule has 0 spiro atoms. The van der Waals surface area contributed by atoms with E-state index in [1.807, 2.05) is 22.6 Å². The van der Waals surface area contributed by atoms with Gasteiger partial charge in [0.2, 0.25) is 0 Å². The molecule has 0 aromatic heterocycles. The molecule has 1 fully saturated rings. The summed E-state index contributed by atoms with van der Waals surface area (Å²) < 4.78 is 1.40. The first-order valence-electron chi connectivity index (χ1n) is 7.13. The molecule has 3 rings (SSSR count). The van der Waals surface area contributed by atoms with E-state index in [-0.39, 0.29) is 22.4 Å². The minimum atomic E-state index is -0.416. The number of carbonyl (C=O) groups excluding carboxylic acids is 2. The number of nitrogens with zero attached hydrogens (tertiary/aromatic N) is 1. The Morgan fingerprint density at radius 1 is 1.19 bits per heavy atom. The molecule has 0 aliphatic carbocycles. The average Bonchev–Trinajstić information content (AvgIpc) is 2.83. The maximum atomic E-state index is 12.6. The van der Waals surface area contributed by atoms with Gasteiger partial charge >= 0.3 is 0 Å². The lowest BCUT2D eigenvalue weighted by molar-refractivity contribution is -0.123. The van der Waals surface area contributed by atoms with Gasteiger partial charge < -0.3 is 5.11 Å². The fourth-order valence-electron chi connectivity index (χ4n) is 2.29. The number of imide groups is 1. The third-order valence-corrected chi connectivity index (χ3v) is 6.47. The Labute approximate surface area is 185 Å². The van der Waals surface area contributed by atoms with E-state index >= 15 is 0 Å². The van der Waals surface area contributed by atoms with E-state index in [0.717, 1.165) is 21.1 Å². The largest absolute Gasteiger partial charge is 0.506 e. The zero-order chi connectivity index (χ0) is 19.0. The van der Waals surface area contributed by atoms with E-state index in [4.69, 9.17) is 23.2 Å². The van der Waals surface area contributed by atoms with Crippen LogP contribution in [0.1, 0.15) is 11.1 Å². The zero-order valence-electron chi connectivity index (χ0n) is 12.8. The van der Waals surface area contributed by atoms with Crippen LogP contribution in [0.4, 0.5) is 4.79 Å². The van der Waals surface area contributed by atoms with Crippen molar-refractivity contribution in [1.82, 2.24) is 4.90 Å². The standard InChI is InChI=1S/C17H9BrCl2INO3S/c18-10-4-9(15(23)13(21)6-10)5-14-16(24)22(17(25)26-14)7-8-1-2-11(19)12(20)3-8/h1-6,23H,7H2/b14-5-. The molecule has 1 aliphatic heterocycles. The predicted octanol–water partition coefficient (Wildman–Crippen LogP) is 6.30. The van der Waals surface area contributed by atoms with Crippen LogP contribution >= 0.6 is 73.5 Å². The van der Waals surface area contributed by atoms with Gasteiger partial charge in [-0.2, -0.15) is 0 Å². The molecule has 2 aromatic carbocycles. The molecule has 2 aromatic rings. The minimum Gasteiger partial charge on any atom is -0.506 e. The monoisotopic (exact) mass is 583 g/mol. The van der Waals surface area contributed by atoms with E-state index in [2.05, 4.69) is 15.9 Å². The number of halogens is 4. The van der Waals surface area contributed by atoms with E-state index in [0.29, 0.717) is 24.7 Å². The lowest BCUT2D eigenvalue weighted by Crippen LogP contribution is -2.27. The van der Waals surface area contributed by atoms with E-state index < -0.39 is 5.91 Å². The Bertz CT molecular complexity index is 967. The van der Waals surface area contributed by atoms with Crippen molar-refractivity contribution in [2.75, 3.05) is 0 Å². The summed E-state index contributed by atoms with van der Waals surface area (Å²) >= 11 is 18.1. The molecule has 1 aliphatic rings. The Kier molecular flexibility index (Phi) is 6.23. The number of benzene rings is 2. The Hall–Kier alpha value is -0.740. The molecule has 1 N–H and O–H groups in total. The van der Waals surface area contributed by atoms with Crippen molar-refractivity contribution in [2.24, 2.45) is 0 Å². The van der Waals surface area contributed by atoms with E-state index in [1.165, 1.54) is 6.08 Å². The first-order valence-corrected chi connectivity index (χ1v) is 10.6. The Morgan fingerprint density at radius 3 is 2.62 bits per heavy atom. The quantitative estimate of drug-likeness (QED) is 0.340. The van der Waals surface area contributed by atoms with Crippen LogP contribution in [-0.4, -0.2) is 21.2 Å². The van der Waals surface area contributed by atoms with Crippen LogP contribution in [0.25, 0.3) is 6.08 Å². The predicted molar refractivity (Wildman–Crippen MR) is 116 cm³/mol. The third kappa shape index (κ3) is 4.22. The molecule has 4 nitrogen and oxygen atoms in total. The van der Waals surface area contributed by atoms with Crippen molar-refractivity contribution < 1.29 is 14.7 Å². The van der Waals surface area contributed by atoms with E-state index in [1.54, 1.807) is 30.3 Å². The van der Waals surface area contributed by atoms with Gasteiger partial charge in [0, 0.05) is 10.0 Å². The number of phenols is 1. The number of amides is 2. The van der Waals surface area contributed by atoms with Crippen LogP contribution in [0, 0.1) is 3.57 Å². The second kappa shape index (κ2) is 8.10. The molecule has 26 heavy (non-hydrogen) atoms. The lowest BCUT2D eigenvalue weighted by atomic mass is 10.2. The molecule has 0 saturated carbocycles. The molecular formula is C17H9BrCl2INO3S. The number of rotatable bonds is 3. The first kappa shape index (κ1) is 20.0. The topological polar surface area (TPSA) is 57.6 Å². The number of aromatic hydroxyl groups is 1. The van der Waals surface area contributed by atoms with E-state index in [9.17, 15) is 14.7 Å². The zero-order valence-corrected chi connectivity index (χ0v) is 18.9. The molecule has 0 radical (unpaired) electrons. The summed E-state index contributed by atoms with van der Waals surface area (Å²) in [5, 5.41) is 10.6. The summed E-state index contributed by atoms with van der Waals surface area (Å²) in [6, 6.07) is 8.40. The van der Waals surface area contributed by atoms with Crippen LogP contribution < -0.4 is 0 Å². The molecule has 9 heteroatoms. The second-order valence-corrected chi connectivity index (χ2v) is 9.23. The van der Waals surface area contributed by atoms with Gasteiger partial charge in [-0.3, -0.25) is 14.5 Å². The van der Waals surface area contributed by atoms with Crippen molar-refractivity contribution in [1.29, 1.82) is 0 Å². The Balaban J connectivity index is 1.88. The second-order valence-electron chi connectivity index (χ2n) is 5.34. The lowest BCUT2D eigenvalue weighted by Gasteiger charge is -2.13. The van der Waals surface area contributed by atoms with Gasteiger partial charge in [-0.15, -0.1) is 0 Å². The number of phenolic OH excluding ortho intramolecular Hbond substituents is 1. The molecule has 1 saturated heterocycles. The highest BCUT2D eigenvalue weighted by molar-refractivity contribution is 14.1. The fraction of sp³-hybridized carbons (Fsp3) is 0.0588. The number of thioether (sulfide) groups is 1. The van der Waals surface area contributed by atoms with Crippen LogP contribution in [0.2, 0.25) is 10.0 Å². The normalized spacial score (nSPS) is 16.0. The molecule has 0 atom stereocenters. The van der Waals surface area contributed by atoms with Crippen LogP contribution in [0.5, 0.6) is 5.75 Å². The van der Waals surface area contributed by atoms with Crippen molar-refractivity contribution in [3.63, 3.8) is 0 Å². The van der Waals surface area contributed by atoms with Crippen LogP contribution in [-0.2, 0) is 11.3 Å². The van der Waals surface area contributed by atoms with Crippen LogP contribution in [0.15, 0.2) is 39.7 Å². The first-order chi connectivity index (χ1) is 12.3. The highest BCUT2D eigenvalue weighted by Crippen LogP contribution is 2.37. The summed E-state index contributed by atoms with van der Waals surface area (Å²) in [7, 11) is 0. The molecule has 134 valence electrons. The van der Waals surface area contributed by atoms with Gasteiger partial charge in [0.05, 0.1) is 25.1 Å². The summed E-state index contributed by atoms with van der Waals surface area (Å²) in [5.74, 6) is -0.356. The van der Waals surface area contributed by atoms with Gasteiger partial charge in [-0.1, -0.05) is 45.2 Å². The van der Waals surface area contributed by atoms with Crippen molar-refractivity contribution >= 4 is 90.7 Å². The maximum Gasteiger partial charge on any atom is 0.293 e. The summed E-state index contributed by atoms with van der Waals surface area (Å²) in [4.78, 5) is 26.3. The minimum absolute atomic E-state index is 0.0603. The highest BCUT2D eigenvalue weighted by Gasteiger charge is 2.35. The van der Waals surface area contributed by atoms with Crippen LogP contribution in [0.3, 0.4) is 0 Å². The van der Waals surface area contributed by atoms with Crippen molar-refractivity contribution in [3.05, 3.63) is 64.5 Å². The molecule has 2 amide bonds. The fourth-order valence-corrected chi connectivity index (χ4v) is 4.99. The summed E-state index contributed by atoms with van der Waals surface area (Å²) in [6.45, 7) is 0.0981. The average molecular weight is 585 g/mol. The highest BCUT2D eigenvalue weighted by atomic mass is 127. The van der Waals surface area contributed by atoms with Crippen molar-refractivity contribution in [2.45, 2.75) is 6.54 Å². The Morgan fingerprint density at radius 2 is 1.92 bits per heavy atom. The number of hydrogen-bond donors (Lipinski definition) is 1. The number of hydrogen-bond acceptors (Lipinski definition) is 4. The molecule has 1 heterocycles. The van der Waals surface area contributed by atoms with Gasteiger partial charge in [0.25, 0.3) is 11.1 Å². The van der Waals surface area contributed by atoms with Gasteiger partial charge in [-0.05, 0) is 70.3 Å². The van der Waals surface area contributed by atoms with Gasteiger partial charge in [0.15, 0.2) is 0 Å². The summed E-state index contributed by atoms with van der Waals surface area (Å²) in [6.07, 6.45) is 1.52. The molecule has 0 bridgehead atoms. The molecule has 0 unspecified atom stereocenters. The number of carbonyl (C=O) groups is 2. The summed E-state index contributed by atoms with van der Waals surface area (Å²) in [5.41, 5.74) is 1.16. The molecular weight excluding hydrogens is 576 g/mol. The SMILES string of the molecule is O=C1S/C(=C\c2cc(Br)cc(I)c2O)C(=O)N1Cc1ccc(Cl)c(Cl)c1. The maximum absolute atomic E-state index is 12.6. The smallest absolute Gasteiger partial charge is 0.293 e. The van der Waals surface area contributed by atoms with Crippen molar-refractivity contribution in [3.8, 4) is 5.75 Å². The van der Waals surface area contributed by atoms with Gasteiger partial charge in [0.1, 0.15) is 5.75 Å². The third-order valence-electron chi connectivity index (χ3n) is 3.54.